The number of hydrogen-bond acceptors (Lipinski definition) is 3. The van der Waals surface area contributed by atoms with E-state index in [2.05, 4.69) is 42.9 Å². The zero-order valence-corrected chi connectivity index (χ0v) is 12.2. The molecule has 0 saturated carbocycles. The average Bonchev–Trinajstić information content (AvgIpc) is 2.73. The first-order chi connectivity index (χ1) is 9.58. The third kappa shape index (κ3) is 2.57. The summed E-state index contributed by atoms with van der Waals surface area (Å²) in [5, 5.41) is 3.13. The quantitative estimate of drug-likeness (QED) is 0.777. The molecule has 0 amide bonds. The lowest BCUT2D eigenvalue weighted by molar-refractivity contribution is 0.310. The van der Waals surface area contributed by atoms with E-state index < -0.39 is 0 Å². The number of nitrogen functional groups attached to an aromatic ring is 1. The summed E-state index contributed by atoms with van der Waals surface area (Å²) < 4.78 is 0. The van der Waals surface area contributed by atoms with E-state index in [1.807, 2.05) is 12.1 Å². The predicted octanol–water partition coefficient (Wildman–Crippen LogP) is 3.47. The summed E-state index contributed by atoms with van der Waals surface area (Å²) >= 11 is 0. The van der Waals surface area contributed by atoms with Crippen molar-refractivity contribution in [1.29, 1.82) is 0 Å². The second-order valence-corrected chi connectivity index (χ2v) is 5.17. The van der Waals surface area contributed by atoms with Crippen LogP contribution in [0.15, 0.2) is 49.8 Å². The highest BCUT2D eigenvalue weighted by atomic mass is 15.2. The largest absolute Gasteiger partial charge is 0.399 e. The van der Waals surface area contributed by atoms with E-state index >= 15 is 0 Å². The van der Waals surface area contributed by atoms with Crippen molar-refractivity contribution in [1.82, 2.24) is 10.2 Å². The van der Waals surface area contributed by atoms with E-state index in [4.69, 9.17) is 5.73 Å². The highest BCUT2D eigenvalue weighted by molar-refractivity contribution is 5.72. The Balaban J connectivity index is 2.27. The van der Waals surface area contributed by atoms with Gasteiger partial charge in [-0.25, -0.2) is 0 Å². The van der Waals surface area contributed by atoms with Crippen molar-refractivity contribution >= 4 is 11.4 Å². The first kappa shape index (κ1) is 14.3. The highest BCUT2D eigenvalue weighted by Gasteiger charge is 2.29. The van der Waals surface area contributed by atoms with Gasteiger partial charge in [-0.1, -0.05) is 39.1 Å². The molecule has 0 radical (unpaired) electrons. The Bertz CT molecular complexity index is 545. The van der Waals surface area contributed by atoms with Gasteiger partial charge in [0.25, 0.3) is 0 Å². The lowest BCUT2D eigenvalue weighted by Gasteiger charge is -2.32. The molecular formula is C17H23N3. The van der Waals surface area contributed by atoms with Crippen LogP contribution in [-0.4, -0.2) is 10.9 Å². The minimum atomic E-state index is 0.221. The summed E-state index contributed by atoms with van der Waals surface area (Å²) in [5.41, 5.74) is 11.1. The lowest BCUT2D eigenvalue weighted by atomic mass is 10.1. The van der Waals surface area contributed by atoms with Crippen molar-refractivity contribution in [3.8, 4) is 0 Å². The van der Waals surface area contributed by atoms with E-state index in [9.17, 15) is 0 Å². The number of anilines is 1. The molecule has 3 nitrogen and oxygen atoms in total. The summed E-state index contributed by atoms with van der Waals surface area (Å²) in [4.78, 5) is 2.30. The Hall–Kier alpha value is -2.16. The van der Waals surface area contributed by atoms with Gasteiger partial charge >= 0.3 is 0 Å². The molecule has 0 fully saturated rings. The van der Waals surface area contributed by atoms with Gasteiger partial charge < -0.3 is 16.0 Å². The number of nitrogens with two attached hydrogens (primary N) is 1. The van der Waals surface area contributed by atoms with Crippen LogP contribution in [0.25, 0.3) is 5.70 Å². The fraction of sp³-hybridized carbons (Fsp3) is 0.294. The fourth-order valence-corrected chi connectivity index (χ4v) is 2.75. The fourth-order valence-electron chi connectivity index (χ4n) is 2.75. The van der Waals surface area contributed by atoms with Crippen molar-refractivity contribution in [3.63, 3.8) is 0 Å². The Morgan fingerprint density at radius 3 is 2.95 bits per heavy atom. The van der Waals surface area contributed by atoms with Gasteiger partial charge in [-0.05, 0) is 30.3 Å². The second kappa shape index (κ2) is 5.87. The molecule has 0 aromatic heterocycles. The van der Waals surface area contributed by atoms with Crippen LogP contribution >= 0.6 is 0 Å². The zero-order chi connectivity index (χ0) is 14.7. The van der Waals surface area contributed by atoms with E-state index in [1.165, 1.54) is 5.56 Å². The van der Waals surface area contributed by atoms with Crippen molar-refractivity contribution in [2.24, 2.45) is 0 Å². The molecule has 1 unspecified atom stereocenters. The first-order valence-corrected chi connectivity index (χ1v) is 6.99. The molecule has 1 atom stereocenters. The predicted molar refractivity (Wildman–Crippen MR) is 86.6 cm³/mol. The number of nitrogens with one attached hydrogen (secondary N) is 1. The topological polar surface area (TPSA) is 41.3 Å². The monoisotopic (exact) mass is 269 g/mol. The van der Waals surface area contributed by atoms with Crippen LogP contribution in [0.4, 0.5) is 5.69 Å². The molecule has 1 heterocycles. The lowest BCUT2D eigenvalue weighted by Crippen LogP contribution is -2.35. The molecule has 3 N–H and O–H groups in total. The summed E-state index contributed by atoms with van der Waals surface area (Å²) in [7, 11) is 0. The minimum Gasteiger partial charge on any atom is -0.399 e. The summed E-state index contributed by atoms with van der Waals surface area (Å²) in [5.74, 6) is 0. The molecule has 1 aliphatic rings. The number of nitrogens with zero attached hydrogens (tertiary/aromatic N) is 1. The molecule has 106 valence electrons. The molecule has 0 aliphatic carbocycles. The molecule has 2 rings (SSSR count). The number of benzene rings is 1. The van der Waals surface area contributed by atoms with E-state index in [0.717, 1.165) is 42.0 Å². The van der Waals surface area contributed by atoms with Crippen molar-refractivity contribution in [2.75, 3.05) is 5.73 Å². The first-order valence-electron chi connectivity index (χ1n) is 6.99. The molecular weight excluding hydrogens is 246 g/mol. The molecule has 0 spiro atoms. The molecule has 0 saturated heterocycles. The van der Waals surface area contributed by atoms with Crippen molar-refractivity contribution < 1.29 is 0 Å². The van der Waals surface area contributed by atoms with Crippen LogP contribution in [0.2, 0.25) is 0 Å². The Labute approximate surface area is 121 Å². The Kier molecular flexibility index (Phi) is 4.18. The van der Waals surface area contributed by atoms with Gasteiger partial charge in [0, 0.05) is 29.2 Å². The molecule has 0 bridgehead atoms. The van der Waals surface area contributed by atoms with Gasteiger partial charge in [0.05, 0.1) is 6.04 Å². The zero-order valence-electron chi connectivity index (χ0n) is 12.2. The normalized spacial score (nSPS) is 14.8. The maximum Gasteiger partial charge on any atom is 0.0689 e. The second-order valence-electron chi connectivity index (χ2n) is 5.17. The summed E-state index contributed by atoms with van der Waals surface area (Å²) in [6.45, 7) is 15.1. The van der Waals surface area contributed by atoms with Gasteiger partial charge in [-0.2, -0.15) is 0 Å². The van der Waals surface area contributed by atoms with Crippen molar-refractivity contribution in [2.45, 2.75) is 32.4 Å². The van der Waals surface area contributed by atoms with E-state index in [0.29, 0.717) is 0 Å². The maximum atomic E-state index is 5.88. The third-order valence-corrected chi connectivity index (χ3v) is 3.76. The molecule has 1 aromatic carbocycles. The standard InChI is InChI=1S/C17H23N3/c1-5-7-17(12(3)19-6-2)20-11-14-8-9-15(18)10-16(14)13(20)4/h6,8-10,17,19H,2-5,7,11,18H2,1H3. The molecule has 1 aliphatic heterocycles. The van der Waals surface area contributed by atoms with Crippen LogP contribution in [0.5, 0.6) is 0 Å². The third-order valence-electron chi connectivity index (χ3n) is 3.76. The van der Waals surface area contributed by atoms with Crippen LogP contribution in [0.1, 0.15) is 30.9 Å². The van der Waals surface area contributed by atoms with Crippen LogP contribution in [-0.2, 0) is 6.54 Å². The Morgan fingerprint density at radius 2 is 2.30 bits per heavy atom. The Morgan fingerprint density at radius 1 is 1.55 bits per heavy atom. The molecule has 1 aromatic rings. The molecule has 3 heteroatoms. The van der Waals surface area contributed by atoms with Crippen LogP contribution < -0.4 is 11.1 Å². The summed E-state index contributed by atoms with van der Waals surface area (Å²) in [6.07, 6.45) is 3.79. The van der Waals surface area contributed by atoms with E-state index in [1.54, 1.807) is 6.20 Å². The highest BCUT2D eigenvalue weighted by Crippen LogP contribution is 2.36. The number of hydrogen-bond donors (Lipinski definition) is 2. The summed E-state index contributed by atoms with van der Waals surface area (Å²) in [6, 6.07) is 6.26. The maximum absolute atomic E-state index is 5.88. The van der Waals surface area contributed by atoms with Crippen molar-refractivity contribution in [3.05, 3.63) is 61.0 Å². The van der Waals surface area contributed by atoms with E-state index in [-0.39, 0.29) is 6.04 Å². The van der Waals surface area contributed by atoms with Crippen LogP contribution in [0, 0.1) is 0 Å². The van der Waals surface area contributed by atoms with Gasteiger partial charge in [0.2, 0.25) is 0 Å². The smallest absolute Gasteiger partial charge is 0.0689 e. The molecule has 20 heavy (non-hydrogen) atoms. The van der Waals surface area contributed by atoms with Gasteiger partial charge in [-0.15, -0.1) is 0 Å². The number of fused-ring (bicyclic) bond motifs is 1. The van der Waals surface area contributed by atoms with Gasteiger partial charge in [0.15, 0.2) is 0 Å². The number of rotatable bonds is 6. The SMILES string of the molecule is C=CNC(=C)C(CCC)N1Cc2ccc(N)cc2C1=C. The minimum absolute atomic E-state index is 0.221. The van der Waals surface area contributed by atoms with Crippen LogP contribution in [0.3, 0.4) is 0 Å². The van der Waals surface area contributed by atoms with Gasteiger partial charge in [0.1, 0.15) is 0 Å². The van der Waals surface area contributed by atoms with Gasteiger partial charge in [-0.3, -0.25) is 0 Å². The average molecular weight is 269 g/mol.